The lowest BCUT2D eigenvalue weighted by Gasteiger charge is -2.42. The zero-order chi connectivity index (χ0) is 30.5. The maximum atomic E-state index is 6.96. The van der Waals surface area contributed by atoms with Crippen LogP contribution in [0.1, 0.15) is 117 Å². The van der Waals surface area contributed by atoms with Crippen molar-refractivity contribution in [3.8, 4) is 0 Å². The molecule has 5 heteroatoms. The Morgan fingerprint density at radius 1 is 0.775 bits per heavy atom. The van der Waals surface area contributed by atoms with Crippen molar-refractivity contribution in [1.29, 1.82) is 0 Å². The van der Waals surface area contributed by atoms with Gasteiger partial charge in [-0.05, 0) is 72.2 Å². The number of allylic oxidation sites excluding steroid dienone is 7. The summed E-state index contributed by atoms with van der Waals surface area (Å²) in [5.74, 6) is 0.974. The summed E-state index contributed by atoms with van der Waals surface area (Å²) in [6.45, 7) is 35.3. The fourth-order valence-electron chi connectivity index (χ4n) is 5.29. The van der Waals surface area contributed by atoms with Gasteiger partial charge in [-0.2, -0.15) is 0 Å². The van der Waals surface area contributed by atoms with Gasteiger partial charge in [0.05, 0.1) is 6.61 Å². The van der Waals surface area contributed by atoms with Crippen molar-refractivity contribution in [1.82, 2.24) is 5.32 Å². The van der Waals surface area contributed by atoms with Crippen molar-refractivity contribution in [3.63, 3.8) is 0 Å². The molecule has 0 spiro atoms. The van der Waals surface area contributed by atoms with Crippen molar-refractivity contribution in [2.24, 2.45) is 21.7 Å². The largest absolute Gasteiger partial charge is 0.430 e. The molecule has 0 aromatic heterocycles. The number of fused-ring (bicyclic) bond motifs is 2. The first kappa shape index (κ1) is 33.3. The van der Waals surface area contributed by atoms with Crippen LogP contribution in [0.5, 0.6) is 0 Å². The van der Waals surface area contributed by atoms with Gasteiger partial charge in [-0.15, -0.1) is 0 Å². The molecule has 2 unspecified atom stereocenters. The summed E-state index contributed by atoms with van der Waals surface area (Å²) in [5.41, 5.74) is 7.84. The maximum absolute atomic E-state index is 6.96. The third-order valence-corrected chi connectivity index (χ3v) is 8.86. The monoisotopic (exact) mass is 571 g/mol. The van der Waals surface area contributed by atoms with Crippen LogP contribution in [0.2, 0.25) is 0 Å². The molecule has 0 amide bonds. The average Bonchev–Trinajstić information content (AvgIpc) is 2.74. The second-order valence-corrected chi connectivity index (χ2v) is 18.0. The molecule has 226 valence electrons. The van der Waals surface area contributed by atoms with E-state index in [1.807, 2.05) is 0 Å². The van der Waals surface area contributed by atoms with Gasteiger partial charge in [0.25, 0.3) is 0 Å². The highest BCUT2D eigenvalue weighted by Gasteiger charge is 2.42. The van der Waals surface area contributed by atoms with Gasteiger partial charge in [-0.3, -0.25) is 4.52 Å². The van der Waals surface area contributed by atoms with Gasteiger partial charge in [-0.25, -0.2) is 0 Å². The Hall–Kier alpha value is -1.19. The first-order valence-corrected chi connectivity index (χ1v) is 16.2. The lowest BCUT2D eigenvalue weighted by atomic mass is 9.69. The van der Waals surface area contributed by atoms with Crippen LogP contribution in [0.15, 0.2) is 57.4 Å². The van der Waals surface area contributed by atoms with E-state index in [4.69, 9.17) is 13.6 Å². The molecule has 0 fully saturated rings. The molecule has 1 heterocycles. The Kier molecular flexibility index (Phi) is 9.56. The van der Waals surface area contributed by atoms with E-state index in [0.29, 0.717) is 6.61 Å². The van der Waals surface area contributed by atoms with E-state index in [9.17, 15) is 0 Å². The zero-order valence-electron chi connectivity index (χ0n) is 28.3. The summed E-state index contributed by atoms with van der Waals surface area (Å²) < 4.78 is 20.3. The van der Waals surface area contributed by atoms with E-state index >= 15 is 0 Å². The number of hydrogen-bond donors (Lipinski definition) is 1. The SMILES string of the molecule is CC(C)(C)NCCOP1OC(C(C)(C)C)=C2C=C(C(C)(C)C)CC/C2=C2\C=C(C(C)(C)C)C=C(C(C)(C)C)C2O1. The number of nitrogens with one attached hydrogen (secondary N) is 1. The predicted molar refractivity (Wildman–Crippen MR) is 172 cm³/mol. The van der Waals surface area contributed by atoms with Crippen LogP contribution >= 0.6 is 8.60 Å². The van der Waals surface area contributed by atoms with Gasteiger partial charge in [0.2, 0.25) is 0 Å². The summed E-state index contributed by atoms with van der Waals surface area (Å²) >= 11 is 0. The summed E-state index contributed by atoms with van der Waals surface area (Å²) in [4.78, 5) is 0. The first-order chi connectivity index (χ1) is 18.0. The van der Waals surface area contributed by atoms with Gasteiger partial charge in [0, 0.05) is 23.1 Å². The Labute approximate surface area is 247 Å². The topological polar surface area (TPSA) is 39.7 Å². The van der Waals surface area contributed by atoms with Crippen molar-refractivity contribution < 1.29 is 13.6 Å². The minimum atomic E-state index is -1.63. The van der Waals surface area contributed by atoms with Crippen molar-refractivity contribution in [2.75, 3.05) is 13.2 Å². The fraction of sp³-hybridized carbons (Fsp3) is 0.714. The summed E-state index contributed by atoms with van der Waals surface area (Å²) in [6, 6.07) is 0. The van der Waals surface area contributed by atoms with Crippen LogP contribution in [-0.2, 0) is 13.6 Å². The van der Waals surface area contributed by atoms with Crippen molar-refractivity contribution >= 4 is 8.60 Å². The smallest absolute Gasteiger partial charge is 0.397 e. The standard InChI is InChI=1S/C35H58NO3P/c1-31(2,3)23-16-17-25-26-21-24(32(4,5)6)22-28(33(7,8)9)29(26)38-40(37-19-18-36-35(13,14)15)39-30(27(25)20-23)34(10,11)12/h20-22,29,36H,16-19H2,1-15H3/b26-25-,30-27?. The molecule has 3 rings (SSSR count). The molecule has 0 aromatic carbocycles. The molecule has 0 aromatic rings. The maximum Gasteiger partial charge on any atom is 0.397 e. The van der Waals surface area contributed by atoms with Crippen LogP contribution in [0.3, 0.4) is 0 Å². The third-order valence-electron chi connectivity index (χ3n) is 7.76. The van der Waals surface area contributed by atoms with Gasteiger partial charge in [0.1, 0.15) is 11.9 Å². The highest BCUT2D eigenvalue weighted by atomic mass is 31.2. The van der Waals surface area contributed by atoms with Crippen LogP contribution in [0.4, 0.5) is 0 Å². The van der Waals surface area contributed by atoms with Crippen LogP contribution < -0.4 is 5.32 Å². The normalized spacial score (nSPS) is 25.2. The fourth-order valence-corrected chi connectivity index (χ4v) is 6.61. The molecule has 0 saturated carbocycles. The average molecular weight is 572 g/mol. The Balaban J connectivity index is 2.28. The highest BCUT2D eigenvalue weighted by Crippen LogP contribution is 2.57. The molecule has 0 radical (unpaired) electrons. The Morgan fingerprint density at radius 3 is 1.90 bits per heavy atom. The van der Waals surface area contributed by atoms with Gasteiger partial charge >= 0.3 is 8.60 Å². The second-order valence-electron chi connectivity index (χ2n) is 16.9. The van der Waals surface area contributed by atoms with E-state index in [-0.39, 0.29) is 33.3 Å². The van der Waals surface area contributed by atoms with Crippen LogP contribution in [0.25, 0.3) is 0 Å². The van der Waals surface area contributed by atoms with E-state index in [1.54, 1.807) is 0 Å². The second kappa shape index (κ2) is 11.5. The Morgan fingerprint density at radius 2 is 1.40 bits per heavy atom. The number of rotatable bonds is 4. The summed E-state index contributed by atoms with van der Waals surface area (Å²) in [6.07, 6.45) is 9.07. The van der Waals surface area contributed by atoms with Gasteiger partial charge in [0.15, 0.2) is 0 Å². The minimum absolute atomic E-state index is 0.0194. The molecule has 0 saturated heterocycles. The molecule has 1 N–H and O–H groups in total. The predicted octanol–water partition coefficient (Wildman–Crippen LogP) is 10.4. The highest BCUT2D eigenvalue weighted by molar-refractivity contribution is 7.41. The molecule has 0 bridgehead atoms. The van der Waals surface area contributed by atoms with Gasteiger partial charge < -0.3 is 14.4 Å². The van der Waals surface area contributed by atoms with Crippen LogP contribution in [0, 0.1) is 21.7 Å². The lowest BCUT2D eigenvalue weighted by molar-refractivity contribution is 0.138. The molecule has 40 heavy (non-hydrogen) atoms. The van der Waals surface area contributed by atoms with E-state index in [1.165, 1.54) is 33.4 Å². The third kappa shape index (κ3) is 8.21. The number of hydrogen-bond acceptors (Lipinski definition) is 4. The molecular formula is C35H58NO3P. The van der Waals surface area contributed by atoms with Gasteiger partial charge in [-0.1, -0.05) is 107 Å². The van der Waals surface area contributed by atoms with Crippen LogP contribution in [-0.4, -0.2) is 24.8 Å². The summed E-state index contributed by atoms with van der Waals surface area (Å²) in [7, 11) is -1.63. The quantitative estimate of drug-likeness (QED) is 0.269. The zero-order valence-corrected chi connectivity index (χ0v) is 29.2. The lowest BCUT2D eigenvalue weighted by Crippen LogP contribution is -2.38. The minimum Gasteiger partial charge on any atom is -0.430 e. The Bertz CT molecular complexity index is 1120. The molecule has 4 nitrogen and oxygen atoms in total. The van der Waals surface area contributed by atoms with Crippen molar-refractivity contribution in [2.45, 2.75) is 128 Å². The molecular weight excluding hydrogens is 513 g/mol. The molecule has 2 atom stereocenters. The molecule has 1 aliphatic heterocycles. The van der Waals surface area contributed by atoms with E-state index in [2.05, 4.69) is 127 Å². The van der Waals surface area contributed by atoms with E-state index < -0.39 is 8.60 Å². The molecule has 2 aliphatic carbocycles. The first-order valence-electron chi connectivity index (χ1n) is 15.1. The van der Waals surface area contributed by atoms with E-state index in [0.717, 1.165) is 25.1 Å². The molecule has 3 aliphatic rings. The summed E-state index contributed by atoms with van der Waals surface area (Å²) in [5, 5.41) is 3.53. The van der Waals surface area contributed by atoms with Crippen molar-refractivity contribution in [3.05, 3.63) is 57.4 Å².